The van der Waals surface area contributed by atoms with E-state index in [0.717, 1.165) is 5.56 Å². The first-order valence-electron chi connectivity index (χ1n) is 6.20. The van der Waals surface area contributed by atoms with E-state index in [9.17, 15) is 5.26 Å². The first kappa shape index (κ1) is 13.3. The summed E-state index contributed by atoms with van der Waals surface area (Å²) in [5.41, 5.74) is 8.42. The van der Waals surface area contributed by atoms with Gasteiger partial charge in [0.1, 0.15) is 23.1 Å². The summed E-state index contributed by atoms with van der Waals surface area (Å²) in [6, 6.07) is 11.0. The number of aromatic nitrogens is 2. The number of benzene rings is 1. The summed E-state index contributed by atoms with van der Waals surface area (Å²) in [6.07, 6.45) is 1.52. The highest BCUT2D eigenvalue weighted by molar-refractivity contribution is 6.30. The van der Waals surface area contributed by atoms with Gasteiger partial charge in [-0.1, -0.05) is 11.6 Å². The predicted molar refractivity (Wildman–Crippen MR) is 80.1 cm³/mol. The maximum absolute atomic E-state index is 9.32. The maximum atomic E-state index is 9.32. The molecule has 3 aromatic rings. The summed E-state index contributed by atoms with van der Waals surface area (Å²) in [5.74, 6) is 0.751. The number of nitrogen functional groups attached to an aromatic ring is 1. The van der Waals surface area contributed by atoms with E-state index in [1.807, 2.05) is 19.1 Å². The van der Waals surface area contributed by atoms with Crippen molar-refractivity contribution in [2.24, 2.45) is 0 Å². The van der Waals surface area contributed by atoms with Crippen molar-refractivity contribution >= 4 is 17.4 Å². The Hall–Kier alpha value is -2.71. The van der Waals surface area contributed by atoms with Gasteiger partial charge in [0.25, 0.3) is 0 Å². The molecule has 2 N–H and O–H groups in total. The molecule has 0 bridgehead atoms. The number of hydrogen-bond acceptors (Lipinski definition) is 4. The zero-order chi connectivity index (χ0) is 15.0. The van der Waals surface area contributed by atoms with Gasteiger partial charge in [-0.15, -0.1) is 0 Å². The number of anilines is 1. The van der Waals surface area contributed by atoms with Crippen LogP contribution in [0.15, 0.2) is 41.0 Å². The van der Waals surface area contributed by atoms with E-state index < -0.39 is 0 Å². The third-order valence-electron chi connectivity index (χ3n) is 3.06. The van der Waals surface area contributed by atoms with Crippen LogP contribution < -0.4 is 5.73 Å². The van der Waals surface area contributed by atoms with Crippen LogP contribution in [0, 0.1) is 18.3 Å². The van der Waals surface area contributed by atoms with Gasteiger partial charge < -0.3 is 10.2 Å². The molecule has 0 saturated heterocycles. The molecule has 0 spiro atoms. The third-order valence-corrected chi connectivity index (χ3v) is 3.28. The first-order valence-corrected chi connectivity index (χ1v) is 6.58. The number of rotatable bonds is 2. The molecule has 0 aliphatic rings. The molecule has 104 valence electrons. The fourth-order valence-electron chi connectivity index (χ4n) is 2.16. The summed E-state index contributed by atoms with van der Waals surface area (Å²) >= 11 is 6.07. The van der Waals surface area contributed by atoms with Crippen LogP contribution in [-0.4, -0.2) is 9.78 Å². The fourth-order valence-corrected chi connectivity index (χ4v) is 2.45. The Morgan fingerprint density at radius 2 is 2.19 bits per heavy atom. The van der Waals surface area contributed by atoms with Crippen LogP contribution in [-0.2, 0) is 0 Å². The summed E-state index contributed by atoms with van der Waals surface area (Å²) in [4.78, 5) is 0. The van der Waals surface area contributed by atoms with Crippen molar-refractivity contribution in [2.45, 2.75) is 6.92 Å². The van der Waals surface area contributed by atoms with E-state index in [-0.39, 0.29) is 11.4 Å². The Balaban J connectivity index is 2.23. The van der Waals surface area contributed by atoms with E-state index in [4.69, 9.17) is 21.8 Å². The molecule has 2 aromatic heterocycles. The van der Waals surface area contributed by atoms with Crippen LogP contribution in [0.4, 0.5) is 5.82 Å². The average molecular weight is 299 g/mol. The summed E-state index contributed by atoms with van der Waals surface area (Å²) in [7, 11) is 0. The van der Waals surface area contributed by atoms with Crippen molar-refractivity contribution in [3.05, 3.63) is 52.7 Å². The number of hydrogen-bond donors (Lipinski definition) is 1. The number of nitriles is 1. The van der Waals surface area contributed by atoms with E-state index in [2.05, 4.69) is 11.2 Å². The van der Waals surface area contributed by atoms with Gasteiger partial charge in [-0.25, -0.2) is 4.68 Å². The molecule has 0 aliphatic heterocycles. The molecule has 5 nitrogen and oxygen atoms in total. The molecule has 0 unspecified atom stereocenters. The minimum atomic E-state index is 0.255. The normalized spacial score (nSPS) is 10.5. The number of nitrogens with two attached hydrogens (primary N) is 1. The van der Waals surface area contributed by atoms with Crippen LogP contribution in [0.5, 0.6) is 0 Å². The molecule has 0 atom stereocenters. The number of nitrogens with zero attached hydrogens (tertiary/aromatic N) is 3. The molecule has 0 radical (unpaired) electrons. The lowest BCUT2D eigenvalue weighted by Gasteiger charge is -2.05. The van der Waals surface area contributed by atoms with Crippen molar-refractivity contribution in [1.82, 2.24) is 9.78 Å². The molecular weight excluding hydrogens is 288 g/mol. The zero-order valence-corrected chi connectivity index (χ0v) is 11.9. The second-order valence-electron chi connectivity index (χ2n) is 4.60. The van der Waals surface area contributed by atoms with Crippen LogP contribution in [0.25, 0.3) is 17.1 Å². The first-order chi connectivity index (χ1) is 10.1. The Kier molecular flexibility index (Phi) is 3.16. The smallest absolute Gasteiger partial charge is 0.155 e. The van der Waals surface area contributed by atoms with Gasteiger partial charge in [-0.2, -0.15) is 10.4 Å². The molecular formula is C15H11ClN4O. The zero-order valence-electron chi connectivity index (χ0n) is 11.2. The molecule has 3 rings (SSSR count). The number of furan rings is 1. The molecule has 21 heavy (non-hydrogen) atoms. The average Bonchev–Trinajstić information content (AvgIpc) is 3.04. The monoisotopic (exact) mass is 298 g/mol. The van der Waals surface area contributed by atoms with E-state index in [1.54, 1.807) is 18.2 Å². The largest absolute Gasteiger partial charge is 0.463 e. The van der Waals surface area contributed by atoms with Crippen LogP contribution >= 0.6 is 11.6 Å². The minimum absolute atomic E-state index is 0.255. The highest BCUT2D eigenvalue weighted by Gasteiger charge is 2.20. The topological polar surface area (TPSA) is 80.8 Å². The summed E-state index contributed by atoms with van der Waals surface area (Å²) in [5, 5.41) is 14.3. The molecule has 6 heteroatoms. The summed E-state index contributed by atoms with van der Waals surface area (Å²) in [6.45, 7) is 1.92. The van der Waals surface area contributed by atoms with E-state index >= 15 is 0 Å². The summed E-state index contributed by atoms with van der Waals surface area (Å²) < 4.78 is 6.80. The highest BCUT2D eigenvalue weighted by atomic mass is 35.5. The van der Waals surface area contributed by atoms with Gasteiger partial charge >= 0.3 is 0 Å². The standard InChI is InChI=1S/C15H11ClN4O/c1-9-5-10(16)7-11(6-9)20-15(18)12(8-17)14(19-20)13-3-2-4-21-13/h2-7H,18H2,1H3. The van der Waals surface area contributed by atoms with Gasteiger partial charge in [0.05, 0.1) is 12.0 Å². The lowest BCUT2D eigenvalue weighted by molar-refractivity contribution is 0.579. The third kappa shape index (κ3) is 2.26. The molecule has 2 heterocycles. The molecule has 0 saturated carbocycles. The Morgan fingerprint density at radius 1 is 1.38 bits per heavy atom. The molecule has 1 aromatic carbocycles. The number of aryl methyl sites for hydroxylation is 1. The van der Waals surface area contributed by atoms with Crippen molar-refractivity contribution in [3.63, 3.8) is 0 Å². The second kappa shape index (κ2) is 5.00. The quantitative estimate of drug-likeness (QED) is 0.784. The van der Waals surface area contributed by atoms with Gasteiger partial charge in [-0.05, 0) is 42.8 Å². The van der Waals surface area contributed by atoms with Crippen molar-refractivity contribution in [1.29, 1.82) is 5.26 Å². The Bertz CT molecular complexity index is 823. The van der Waals surface area contributed by atoms with Gasteiger partial charge in [0.2, 0.25) is 0 Å². The van der Waals surface area contributed by atoms with Crippen molar-refractivity contribution < 1.29 is 4.42 Å². The number of halogens is 1. The van der Waals surface area contributed by atoms with Crippen LogP contribution in [0.3, 0.4) is 0 Å². The highest BCUT2D eigenvalue weighted by Crippen LogP contribution is 2.29. The lowest BCUT2D eigenvalue weighted by atomic mass is 10.2. The molecule has 0 aliphatic carbocycles. The van der Waals surface area contributed by atoms with Crippen LogP contribution in [0.2, 0.25) is 5.02 Å². The molecule has 0 fully saturated rings. The molecule has 0 amide bonds. The SMILES string of the molecule is Cc1cc(Cl)cc(-n2nc(-c3ccco3)c(C#N)c2N)c1. The van der Waals surface area contributed by atoms with Gasteiger partial charge in [-0.3, -0.25) is 0 Å². The Morgan fingerprint density at radius 3 is 2.81 bits per heavy atom. The van der Waals surface area contributed by atoms with Gasteiger partial charge in [0, 0.05) is 5.02 Å². The van der Waals surface area contributed by atoms with Gasteiger partial charge in [0.15, 0.2) is 5.76 Å². The van der Waals surface area contributed by atoms with Crippen LogP contribution in [0.1, 0.15) is 11.1 Å². The predicted octanol–water partition coefficient (Wildman–Crippen LogP) is 3.55. The van der Waals surface area contributed by atoms with Crippen molar-refractivity contribution in [2.75, 3.05) is 5.73 Å². The lowest BCUT2D eigenvalue weighted by Crippen LogP contribution is -2.02. The second-order valence-corrected chi connectivity index (χ2v) is 5.03. The fraction of sp³-hybridized carbons (Fsp3) is 0.0667. The minimum Gasteiger partial charge on any atom is -0.463 e. The maximum Gasteiger partial charge on any atom is 0.155 e. The van der Waals surface area contributed by atoms with Crippen molar-refractivity contribution in [3.8, 4) is 23.2 Å². The van der Waals surface area contributed by atoms with E-state index in [0.29, 0.717) is 22.2 Å². The van der Waals surface area contributed by atoms with E-state index in [1.165, 1.54) is 10.9 Å². The Labute approximate surface area is 126 Å².